The highest BCUT2D eigenvalue weighted by molar-refractivity contribution is 7.86. The van der Waals surface area contributed by atoms with Crippen LogP contribution < -0.4 is 0 Å². The summed E-state index contributed by atoms with van der Waals surface area (Å²) in [6.07, 6.45) is 3.24. The van der Waals surface area contributed by atoms with Crippen LogP contribution in [0.2, 0.25) is 0 Å². The van der Waals surface area contributed by atoms with E-state index in [9.17, 15) is 8.42 Å². The summed E-state index contributed by atoms with van der Waals surface area (Å²) in [5.41, 5.74) is 0. The lowest BCUT2D eigenvalue weighted by molar-refractivity contribution is 0.138. The molecule has 0 aromatic rings. The van der Waals surface area contributed by atoms with Crippen molar-refractivity contribution in [2.75, 3.05) is 6.26 Å². The van der Waals surface area contributed by atoms with Gasteiger partial charge in [0.25, 0.3) is 10.1 Å². The number of hydrogen-bond donors (Lipinski definition) is 0. The number of rotatable bonds is 4. The molecule has 1 saturated carbocycles. The van der Waals surface area contributed by atoms with Crippen molar-refractivity contribution in [2.24, 2.45) is 11.8 Å². The van der Waals surface area contributed by atoms with Gasteiger partial charge in [-0.25, -0.2) is 0 Å². The monoisotopic (exact) mass is 192 g/mol. The molecule has 12 heavy (non-hydrogen) atoms. The van der Waals surface area contributed by atoms with Gasteiger partial charge in [0.05, 0.1) is 12.4 Å². The average molecular weight is 192 g/mol. The molecule has 3 nitrogen and oxygen atoms in total. The maximum atomic E-state index is 10.9. The third kappa shape index (κ3) is 3.11. The minimum absolute atomic E-state index is 0.0972. The third-order valence-electron chi connectivity index (χ3n) is 2.03. The molecule has 0 saturated heterocycles. The van der Waals surface area contributed by atoms with Gasteiger partial charge >= 0.3 is 0 Å². The molecule has 1 aliphatic rings. The van der Waals surface area contributed by atoms with Gasteiger partial charge in [0, 0.05) is 0 Å². The van der Waals surface area contributed by atoms with Gasteiger partial charge in [0.1, 0.15) is 0 Å². The predicted octanol–water partition coefficient (Wildman–Crippen LogP) is 1.40. The molecule has 72 valence electrons. The molecule has 4 heteroatoms. The quantitative estimate of drug-likeness (QED) is 0.632. The van der Waals surface area contributed by atoms with Crippen molar-refractivity contribution in [1.29, 1.82) is 0 Å². The van der Waals surface area contributed by atoms with Crippen molar-refractivity contribution < 1.29 is 12.6 Å². The largest absolute Gasteiger partial charge is 0.266 e. The zero-order valence-electron chi connectivity index (χ0n) is 7.78. The van der Waals surface area contributed by atoms with E-state index in [1.807, 2.05) is 13.8 Å². The van der Waals surface area contributed by atoms with Gasteiger partial charge in [-0.3, -0.25) is 4.18 Å². The van der Waals surface area contributed by atoms with Crippen LogP contribution in [0.25, 0.3) is 0 Å². The molecule has 0 heterocycles. The highest BCUT2D eigenvalue weighted by Crippen LogP contribution is 2.38. The van der Waals surface area contributed by atoms with Crippen LogP contribution in [0.4, 0.5) is 0 Å². The molecule has 0 N–H and O–H groups in total. The van der Waals surface area contributed by atoms with E-state index in [0.717, 1.165) is 19.1 Å². The summed E-state index contributed by atoms with van der Waals surface area (Å²) in [5.74, 6) is 0.756. The molecule has 0 bridgehead atoms. The Hall–Kier alpha value is -0.0900. The third-order valence-corrected chi connectivity index (χ3v) is 2.60. The molecule has 1 atom stereocenters. The van der Waals surface area contributed by atoms with Gasteiger partial charge in [-0.15, -0.1) is 0 Å². The van der Waals surface area contributed by atoms with Gasteiger partial charge in [-0.2, -0.15) is 8.42 Å². The number of hydrogen-bond acceptors (Lipinski definition) is 3. The van der Waals surface area contributed by atoms with Gasteiger partial charge in [-0.05, 0) is 24.7 Å². The van der Waals surface area contributed by atoms with Crippen LogP contribution in [0.15, 0.2) is 0 Å². The molecule has 0 spiro atoms. The summed E-state index contributed by atoms with van der Waals surface area (Å²) in [4.78, 5) is 0. The van der Waals surface area contributed by atoms with Crippen LogP contribution in [0, 0.1) is 11.8 Å². The minimum Gasteiger partial charge on any atom is -0.266 e. The molecule has 1 unspecified atom stereocenters. The van der Waals surface area contributed by atoms with Crippen LogP contribution in [0.3, 0.4) is 0 Å². The predicted molar refractivity (Wildman–Crippen MR) is 47.3 cm³/mol. The molecule has 0 aliphatic heterocycles. The lowest BCUT2D eigenvalue weighted by Crippen LogP contribution is -2.25. The molecule has 1 aliphatic carbocycles. The molecule has 0 aromatic heterocycles. The summed E-state index contributed by atoms with van der Waals surface area (Å²) in [6.45, 7) is 3.99. The summed E-state index contributed by atoms with van der Waals surface area (Å²) in [5, 5.41) is 0. The Bertz CT molecular complexity index is 237. The first-order valence-corrected chi connectivity index (χ1v) is 6.10. The Morgan fingerprint density at radius 3 is 2.08 bits per heavy atom. The van der Waals surface area contributed by atoms with Gasteiger partial charge in [-0.1, -0.05) is 13.8 Å². The standard InChI is InChI=1S/C8H16O3S/c1-6(2)8(7-4-5-7)11-12(3,9)10/h6-8H,4-5H2,1-3H3. The zero-order valence-corrected chi connectivity index (χ0v) is 8.60. The molecular weight excluding hydrogens is 176 g/mol. The summed E-state index contributed by atoms with van der Waals surface area (Å²) >= 11 is 0. The molecule has 1 rings (SSSR count). The zero-order chi connectivity index (χ0) is 9.35. The molecular formula is C8H16O3S. The van der Waals surface area contributed by atoms with Gasteiger partial charge in [0.15, 0.2) is 0 Å². The maximum absolute atomic E-state index is 10.9. The van der Waals surface area contributed by atoms with Crippen LogP contribution in [0.5, 0.6) is 0 Å². The second-order valence-corrected chi connectivity index (χ2v) is 5.45. The van der Waals surface area contributed by atoms with Crippen LogP contribution in [0.1, 0.15) is 26.7 Å². The van der Waals surface area contributed by atoms with E-state index in [2.05, 4.69) is 0 Å². The molecule has 0 radical (unpaired) electrons. The minimum atomic E-state index is -3.27. The summed E-state index contributed by atoms with van der Waals surface area (Å²) in [7, 11) is -3.27. The van der Waals surface area contributed by atoms with Gasteiger partial charge in [0.2, 0.25) is 0 Å². The SMILES string of the molecule is CC(C)C(OS(C)(=O)=O)C1CC1. The van der Waals surface area contributed by atoms with Crippen molar-refractivity contribution in [2.45, 2.75) is 32.8 Å². The van der Waals surface area contributed by atoms with Crippen LogP contribution >= 0.6 is 0 Å². The highest BCUT2D eigenvalue weighted by atomic mass is 32.2. The lowest BCUT2D eigenvalue weighted by Gasteiger charge is -2.18. The molecule has 0 aromatic carbocycles. The topological polar surface area (TPSA) is 43.4 Å². The fourth-order valence-corrected chi connectivity index (χ4v) is 2.14. The Kier molecular flexibility index (Phi) is 2.78. The van der Waals surface area contributed by atoms with E-state index in [4.69, 9.17) is 4.18 Å². The van der Waals surface area contributed by atoms with E-state index in [1.54, 1.807) is 0 Å². The maximum Gasteiger partial charge on any atom is 0.264 e. The molecule has 0 amide bonds. The Morgan fingerprint density at radius 2 is 1.83 bits per heavy atom. The Balaban J connectivity index is 2.55. The van der Waals surface area contributed by atoms with Crippen molar-refractivity contribution in [3.8, 4) is 0 Å². The average Bonchev–Trinajstić information content (AvgIpc) is 2.61. The first kappa shape index (κ1) is 9.99. The lowest BCUT2D eigenvalue weighted by atomic mass is 10.0. The van der Waals surface area contributed by atoms with Crippen LogP contribution in [-0.2, 0) is 14.3 Å². The Morgan fingerprint density at radius 1 is 1.33 bits per heavy atom. The van der Waals surface area contributed by atoms with Crippen molar-refractivity contribution >= 4 is 10.1 Å². The smallest absolute Gasteiger partial charge is 0.264 e. The first-order chi connectivity index (χ1) is 5.40. The van der Waals surface area contributed by atoms with E-state index in [-0.39, 0.29) is 12.0 Å². The second kappa shape index (κ2) is 3.34. The fraction of sp³-hybridized carbons (Fsp3) is 1.00. The highest BCUT2D eigenvalue weighted by Gasteiger charge is 2.36. The van der Waals surface area contributed by atoms with Crippen LogP contribution in [-0.4, -0.2) is 20.8 Å². The Labute approximate surface area is 74.2 Å². The van der Waals surface area contributed by atoms with Crippen molar-refractivity contribution in [3.05, 3.63) is 0 Å². The molecule has 1 fully saturated rings. The van der Waals surface area contributed by atoms with Crippen molar-refractivity contribution in [1.82, 2.24) is 0 Å². The summed E-state index contributed by atoms with van der Waals surface area (Å²) < 4.78 is 26.7. The normalized spacial score (nSPS) is 21.3. The summed E-state index contributed by atoms with van der Waals surface area (Å²) in [6, 6.07) is 0. The second-order valence-electron chi connectivity index (χ2n) is 3.85. The van der Waals surface area contributed by atoms with E-state index in [0.29, 0.717) is 5.92 Å². The van der Waals surface area contributed by atoms with E-state index >= 15 is 0 Å². The first-order valence-electron chi connectivity index (χ1n) is 4.28. The fourth-order valence-electron chi connectivity index (χ4n) is 1.36. The van der Waals surface area contributed by atoms with E-state index in [1.165, 1.54) is 0 Å². The van der Waals surface area contributed by atoms with Crippen molar-refractivity contribution in [3.63, 3.8) is 0 Å². The van der Waals surface area contributed by atoms with E-state index < -0.39 is 10.1 Å². The van der Waals surface area contributed by atoms with Gasteiger partial charge < -0.3 is 0 Å².